The van der Waals surface area contributed by atoms with Crippen LogP contribution < -0.4 is 5.73 Å². The maximum Gasteiger partial charge on any atom is 0.101 e. The van der Waals surface area contributed by atoms with Gasteiger partial charge in [-0.25, -0.2) is 4.98 Å². The van der Waals surface area contributed by atoms with Crippen molar-refractivity contribution in [2.75, 3.05) is 5.73 Å². The fourth-order valence-corrected chi connectivity index (χ4v) is 3.05. The van der Waals surface area contributed by atoms with Gasteiger partial charge in [0.1, 0.15) is 6.07 Å². The molecule has 0 aliphatic carbocycles. The van der Waals surface area contributed by atoms with Crippen LogP contribution in [0.2, 0.25) is 0 Å². The average Bonchev–Trinajstić information content (AvgIpc) is 2.77. The van der Waals surface area contributed by atoms with Crippen molar-refractivity contribution in [2.24, 2.45) is 10.2 Å². The van der Waals surface area contributed by atoms with Crippen molar-refractivity contribution in [2.45, 2.75) is 6.61 Å². The van der Waals surface area contributed by atoms with Crippen LogP contribution in [0.25, 0.3) is 22.2 Å². The van der Waals surface area contributed by atoms with Crippen LogP contribution in [-0.4, -0.2) is 10.1 Å². The maximum absolute atomic E-state index is 9.61. The lowest BCUT2D eigenvalue weighted by Gasteiger charge is -2.09. The molecular formula is C23H17N5O. The lowest BCUT2D eigenvalue weighted by molar-refractivity contribution is 0.282. The summed E-state index contributed by atoms with van der Waals surface area (Å²) in [5.74, 6) is 0. The fourth-order valence-electron chi connectivity index (χ4n) is 3.05. The highest BCUT2D eigenvalue weighted by molar-refractivity contribution is 5.88. The van der Waals surface area contributed by atoms with E-state index >= 15 is 0 Å². The van der Waals surface area contributed by atoms with E-state index in [1.54, 1.807) is 30.3 Å². The third kappa shape index (κ3) is 3.81. The summed E-state index contributed by atoms with van der Waals surface area (Å²) in [5, 5.41) is 28.3. The summed E-state index contributed by atoms with van der Waals surface area (Å²) in [6.45, 7) is -0.0556. The van der Waals surface area contributed by atoms with Crippen LogP contribution in [0.5, 0.6) is 0 Å². The number of aliphatic hydroxyl groups excluding tert-OH is 1. The standard InChI is InChI=1S/C23H17N5O/c24-13-17-11-16-5-1-2-7-22(16)26-23(17)20-12-19(8-9-21(20)25)28-27-18-6-3-4-15(10-18)14-29/h1-12,29H,14,25H2/b28-27+. The number of para-hydroxylation sites is 1. The number of hydrogen-bond acceptors (Lipinski definition) is 6. The Labute approximate surface area is 167 Å². The molecule has 4 aromatic rings. The summed E-state index contributed by atoms with van der Waals surface area (Å²) in [5.41, 5.74) is 11.1. The van der Waals surface area contributed by atoms with Crippen LogP contribution in [0.15, 0.2) is 83.0 Å². The van der Waals surface area contributed by atoms with Crippen LogP contribution in [0, 0.1) is 11.3 Å². The Morgan fingerprint density at radius 1 is 0.931 bits per heavy atom. The van der Waals surface area contributed by atoms with Crippen molar-refractivity contribution in [3.8, 4) is 17.3 Å². The van der Waals surface area contributed by atoms with E-state index in [0.717, 1.165) is 16.5 Å². The first-order valence-electron chi connectivity index (χ1n) is 8.99. The van der Waals surface area contributed by atoms with E-state index < -0.39 is 0 Å². The molecular weight excluding hydrogens is 362 g/mol. The van der Waals surface area contributed by atoms with Gasteiger partial charge in [0, 0.05) is 16.6 Å². The topological polar surface area (TPSA) is 108 Å². The number of aliphatic hydroxyl groups is 1. The molecule has 1 heterocycles. The number of nitrogen functional groups attached to an aromatic ring is 1. The lowest BCUT2D eigenvalue weighted by atomic mass is 10.0. The minimum absolute atomic E-state index is 0.0556. The molecule has 140 valence electrons. The van der Waals surface area contributed by atoms with Crippen molar-refractivity contribution in [3.63, 3.8) is 0 Å². The lowest BCUT2D eigenvalue weighted by Crippen LogP contribution is -1.95. The molecule has 0 aliphatic heterocycles. The Morgan fingerprint density at radius 2 is 1.72 bits per heavy atom. The summed E-state index contributed by atoms with van der Waals surface area (Å²) in [6, 6.07) is 24.1. The van der Waals surface area contributed by atoms with Gasteiger partial charge in [-0.2, -0.15) is 15.5 Å². The van der Waals surface area contributed by atoms with Gasteiger partial charge in [0.2, 0.25) is 0 Å². The first kappa shape index (κ1) is 18.3. The fraction of sp³-hybridized carbons (Fsp3) is 0.0435. The number of nitrogens with zero attached hydrogens (tertiary/aromatic N) is 4. The van der Waals surface area contributed by atoms with Crippen molar-refractivity contribution in [1.82, 2.24) is 4.98 Å². The Hall–Kier alpha value is -4.08. The molecule has 0 fully saturated rings. The number of rotatable bonds is 4. The van der Waals surface area contributed by atoms with Crippen molar-refractivity contribution in [1.29, 1.82) is 5.26 Å². The zero-order chi connectivity index (χ0) is 20.2. The average molecular weight is 379 g/mol. The molecule has 0 saturated heterocycles. The predicted octanol–water partition coefficient (Wildman–Crippen LogP) is 5.26. The molecule has 0 spiro atoms. The smallest absolute Gasteiger partial charge is 0.101 e. The number of nitriles is 1. The number of benzene rings is 3. The summed E-state index contributed by atoms with van der Waals surface area (Å²) >= 11 is 0. The van der Waals surface area contributed by atoms with E-state index in [0.29, 0.717) is 33.9 Å². The Morgan fingerprint density at radius 3 is 2.52 bits per heavy atom. The molecule has 6 heteroatoms. The van der Waals surface area contributed by atoms with Crippen LogP contribution in [0.4, 0.5) is 17.1 Å². The van der Waals surface area contributed by atoms with Gasteiger partial charge in [0.25, 0.3) is 0 Å². The summed E-state index contributed by atoms with van der Waals surface area (Å²) in [6.07, 6.45) is 0. The van der Waals surface area contributed by atoms with Gasteiger partial charge >= 0.3 is 0 Å². The molecule has 29 heavy (non-hydrogen) atoms. The molecule has 6 nitrogen and oxygen atoms in total. The van der Waals surface area contributed by atoms with E-state index in [4.69, 9.17) is 5.73 Å². The molecule has 4 rings (SSSR count). The van der Waals surface area contributed by atoms with Crippen molar-refractivity contribution < 1.29 is 5.11 Å². The largest absolute Gasteiger partial charge is 0.398 e. The number of anilines is 1. The van der Waals surface area contributed by atoms with Gasteiger partial charge in [-0.15, -0.1) is 0 Å². The summed E-state index contributed by atoms with van der Waals surface area (Å²) in [7, 11) is 0. The highest BCUT2D eigenvalue weighted by atomic mass is 16.3. The van der Waals surface area contributed by atoms with Crippen molar-refractivity contribution >= 4 is 28.0 Å². The molecule has 1 aromatic heterocycles. The number of pyridine rings is 1. The molecule has 0 bridgehead atoms. The minimum atomic E-state index is -0.0556. The second-order valence-electron chi connectivity index (χ2n) is 6.49. The summed E-state index contributed by atoms with van der Waals surface area (Å²) < 4.78 is 0. The van der Waals surface area contributed by atoms with Gasteiger partial charge in [0.05, 0.1) is 34.8 Å². The number of nitrogens with two attached hydrogens (primary N) is 1. The molecule has 0 unspecified atom stereocenters. The van der Waals surface area contributed by atoms with Crippen molar-refractivity contribution in [3.05, 3.63) is 83.9 Å². The van der Waals surface area contributed by atoms with Crippen LogP contribution in [0.3, 0.4) is 0 Å². The predicted molar refractivity (Wildman–Crippen MR) is 113 cm³/mol. The molecule has 0 aliphatic rings. The quantitative estimate of drug-likeness (QED) is 0.372. The van der Waals surface area contributed by atoms with Gasteiger partial charge in [-0.3, -0.25) is 0 Å². The van der Waals surface area contributed by atoms with Gasteiger partial charge in [-0.1, -0.05) is 30.3 Å². The number of hydrogen-bond donors (Lipinski definition) is 2. The SMILES string of the molecule is N#Cc1cc2ccccc2nc1-c1cc(/N=N/c2cccc(CO)c2)ccc1N. The van der Waals surface area contributed by atoms with E-state index in [2.05, 4.69) is 21.3 Å². The van der Waals surface area contributed by atoms with Gasteiger partial charge in [-0.05, 0) is 48.0 Å². The Kier molecular flexibility index (Phi) is 4.97. The molecule has 0 amide bonds. The first-order chi connectivity index (χ1) is 14.2. The van der Waals surface area contributed by atoms with Gasteiger partial charge < -0.3 is 10.8 Å². The molecule has 0 saturated carbocycles. The highest BCUT2D eigenvalue weighted by Crippen LogP contribution is 2.33. The van der Waals surface area contributed by atoms with E-state index in [1.165, 1.54) is 0 Å². The van der Waals surface area contributed by atoms with E-state index in [9.17, 15) is 10.4 Å². The Bertz CT molecular complexity index is 1270. The van der Waals surface area contributed by atoms with Crippen LogP contribution in [0.1, 0.15) is 11.1 Å². The maximum atomic E-state index is 9.61. The van der Waals surface area contributed by atoms with Crippen LogP contribution in [-0.2, 0) is 6.61 Å². The zero-order valence-electron chi connectivity index (χ0n) is 15.4. The second kappa shape index (κ2) is 7.89. The normalized spacial score (nSPS) is 11.0. The minimum Gasteiger partial charge on any atom is -0.398 e. The number of azo groups is 1. The third-order valence-electron chi connectivity index (χ3n) is 4.51. The zero-order valence-corrected chi connectivity index (χ0v) is 15.4. The van der Waals surface area contributed by atoms with E-state index in [1.807, 2.05) is 42.5 Å². The van der Waals surface area contributed by atoms with Crippen LogP contribution >= 0.6 is 0 Å². The Balaban J connectivity index is 1.77. The first-order valence-corrected chi connectivity index (χ1v) is 8.99. The molecule has 0 radical (unpaired) electrons. The molecule has 3 N–H and O–H groups in total. The second-order valence-corrected chi connectivity index (χ2v) is 6.49. The molecule has 3 aromatic carbocycles. The monoisotopic (exact) mass is 379 g/mol. The third-order valence-corrected chi connectivity index (χ3v) is 4.51. The number of aromatic nitrogens is 1. The van der Waals surface area contributed by atoms with E-state index in [-0.39, 0.29) is 6.61 Å². The van der Waals surface area contributed by atoms with Gasteiger partial charge in [0.15, 0.2) is 0 Å². The number of fused-ring (bicyclic) bond motifs is 1. The molecule has 0 atom stereocenters. The highest BCUT2D eigenvalue weighted by Gasteiger charge is 2.13. The summed E-state index contributed by atoms with van der Waals surface area (Å²) in [4.78, 5) is 4.66.